The van der Waals surface area contributed by atoms with Crippen molar-refractivity contribution >= 4 is 21.7 Å². The van der Waals surface area contributed by atoms with Crippen LogP contribution in [0.3, 0.4) is 0 Å². The van der Waals surface area contributed by atoms with Gasteiger partial charge >= 0.3 is 0 Å². The third kappa shape index (κ3) is 5.70. The second kappa shape index (κ2) is 9.75. The zero-order chi connectivity index (χ0) is 20.7. The molecule has 0 spiro atoms. The van der Waals surface area contributed by atoms with Gasteiger partial charge in [-0.1, -0.05) is 23.4 Å². The van der Waals surface area contributed by atoms with E-state index in [0.29, 0.717) is 31.9 Å². The van der Waals surface area contributed by atoms with E-state index >= 15 is 0 Å². The molecule has 29 heavy (non-hydrogen) atoms. The Hall–Kier alpha value is -2.59. The lowest BCUT2D eigenvalue weighted by Gasteiger charge is -2.36. The van der Waals surface area contributed by atoms with Crippen molar-refractivity contribution in [1.29, 1.82) is 0 Å². The molecular formula is C19H28N6O3S. The normalized spacial score (nSPS) is 16.1. The molecule has 1 fully saturated rings. The number of aliphatic imine (C=N–C) groups is 1. The van der Waals surface area contributed by atoms with Gasteiger partial charge in [-0.2, -0.15) is 4.31 Å². The van der Waals surface area contributed by atoms with Crippen LogP contribution in [0.4, 0.5) is 5.69 Å². The number of nitrogens with one attached hydrogen (secondary N) is 1. The lowest BCUT2D eigenvalue weighted by Crippen LogP contribution is -2.54. The first-order valence-corrected chi connectivity index (χ1v) is 11.2. The van der Waals surface area contributed by atoms with E-state index in [2.05, 4.69) is 44.4 Å². The summed E-state index contributed by atoms with van der Waals surface area (Å²) in [5, 5.41) is 7.07. The Morgan fingerprint density at radius 1 is 1.21 bits per heavy atom. The Balaban J connectivity index is 1.46. The minimum absolute atomic E-state index is 0.137. The summed E-state index contributed by atoms with van der Waals surface area (Å²) < 4.78 is 31.3. The van der Waals surface area contributed by atoms with Crippen LogP contribution in [-0.2, 0) is 15.8 Å². The molecule has 1 aromatic heterocycles. The first-order chi connectivity index (χ1) is 14.0. The number of likely N-dealkylation sites (N-methyl/N-ethyl adjacent to an activating group) is 1. The van der Waals surface area contributed by atoms with Gasteiger partial charge in [0.1, 0.15) is 12.0 Å². The number of anilines is 1. The molecule has 1 N–H and O–H groups in total. The maximum Gasteiger partial charge on any atom is 0.220 e. The smallest absolute Gasteiger partial charge is 0.220 e. The van der Waals surface area contributed by atoms with Gasteiger partial charge < -0.3 is 19.6 Å². The van der Waals surface area contributed by atoms with Gasteiger partial charge in [0.15, 0.2) is 5.96 Å². The SMILES string of the molecule is CN=C(NCCN(C)c1ccccc1)N1CCN(S(=O)(=O)Cc2ccon2)CC1. The number of aromatic nitrogens is 1. The highest BCUT2D eigenvalue weighted by Gasteiger charge is 2.28. The van der Waals surface area contributed by atoms with Gasteiger partial charge in [0.25, 0.3) is 0 Å². The molecule has 1 aromatic carbocycles. The van der Waals surface area contributed by atoms with Gasteiger partial charge in [-0.3, -0.25) is 4.99 Å². The monoisotopic (exact) mass is 420 g/mol. The molecule has 1 aliphatic heterocycles. The van der Waals surface area contributed by atoms with E-state index in [4.69, 9.17) is 4.52 Å². The van der Waals surface area contributed by atoms with E-state index in [0.717, 1.165) is 24.7 Å². The molecule has 10 heteroatoms. The Morgan fingerprint density at radius 3 is 2.55 bits per heavy atom. The van der Waals surface area contributed by atoms with E-state index in [9.17, 15) is 8.42 Å². The Labute approximate surface area is 172 Å². The number of guanidine groups is 1. The predicted molar refractivity (Wildman–Crippen MR) is 113 cm³/mol. The summed E-state index contributed by atoms with van der Waals surface area (Å²) in [4.78, 5) is 8.62. The fraction of sp³-hybridized carbons (Fsp3) is 0.474. The van der Waals surface area contributed by atoms with Crippen LogP contribution in [0, 0.1) is 0 Å². The molecule has 3 rings (SSSR count). The largest absolute Gasteiger partial charge is 0.373 e. The van der Waals surface area contributed by atoms with Crippen LogP contribution in [0.5, 0.6) is 0 Å². The lowest BCUT2D eigenvalue weighted by molar-refractivity contribution is 0.260. The number of hydrogen-bond acceptors (Lipinski definition) is 6. The molecule has 0 amide bonds. The zero-order valence-electron chi connectivity index (χ0n) is 16.9. The van der Waals surface area contributed by atoms with Crippen LogP contribution in [0.1, 0.15) is 5.69 Å². The molecule has 1 aliphatic rings. The van der Waals surface area contributed by atoms with E-state index in [1.54, 1.807) is 13.1 Å². The highest BCUT2D eigenvalue weighted by Crippen LogP contribution is 2.13. The summed E-state index contributed by atoms with van der Waals surface area (Å²) in [5.41, 5.74) is 1.59. The summed E-state index contributed by atoms with van der Waals surface area (Å²) in [6, 6.07) is 11.8. The Bertz CT molecular complexity index is 878. The number of rotatable bonds is 7. The molecule has 0 radical (unpaired) electrons. The molecular weight excluding hydrogens is 392 g/mol. The second-order valence-corrected chi connectivity index (χ2v) is 8.83. The van der Waals surface area contributed by atoms with Gasteiger partial charge in [0.2, 0.25) is 10.0 Å². The van der Waals surface area contributed by atoms with Crippen LogP contribution in [0.2, 0.25) is 0 Å². The predicted octanol–water partition coefficient (Wildman–Crippen LogP) is 0.834. The number of hydrogen-bond donors (Lipinski definition) is 1. The van der Waals surface area contributed by atoms with Crippen LogP contribution in [-0.4, -0.2) is 82.1 Å². The van der Waals surface area contributed by atoms with Crippen LogP contribution in [0.25, 0.3) is 0 Å². The molecule has 0 bridgehead atoms. The van der Waals surface area contributed by atoms with Crippen molar-refractivity contribution in [2.75, 3.05) is 58.3 Å². The second-order valence-electron chi connectivity index (χ2n) is 6.86. The first kappa shape index (κ1) is 21.1. The highest BCUT2D eigenvalue weighted by atomic mass is 32.2. The summed E-state index contributed by atoms with van der Waals surface area (Å²) in [5.74, 6) is 0.655. The Kier molecular flexibility index (Phi) is 7.10. The zero-order valence-corrected chi connectivity index (χ0v) is 17.7. The van der Waals surface area contributed by atoms with E-state index in [1.165, 1.54) is 10.6 Å². The first-order valence-electron chi connectivity index (χ1n) is 9.58. The van der Waals surface area contributed by atoms with E-state index in [-0.39, 0.29) is 5.75 Å². The third-order valence-electron chi connectivity index (χ3n) is 4.89. The average Bonchev–Trinajstić information content (AvgIpc) is 3.24. The molecule has 0 aliphatic carbocycles. The standard InChI is InChI=1S/C19H28N6O3S/c1-20-19(21-9-10-23(2)18-6-4-3-5-7-18)24-11-13-25(14-12-24)29(26,27)16-17-8-15-28-22-17/h3-8,15H,9-14,16H2,1-2H3,(H,20,21). The molecule has 0 unspecified atom stereocenters. The highest BCUT2D eigenvalue weighted by molar-refractivity contribution is 7.88. The topological polar surface area (TPSA) is 94.3 Å². The van der Waals surface area contributed by atoms with Gasteiger partial charge in [-0.25, -0.2) is 8.42 Å². The maximum absolute atomic E-state index is 12.6. The van der Waals surface area contributed by atoms with Crippen molar-refractivity contribution in [2.24, 2.45) is 4.99 Å². The van der Waals surface area contributed by atoms with Crippen LogP contribution < -0.4 is 10.2 Å². The molecule has 0 saturated carbocycles. The summed E-state index contributed by atoms with van der Waals surface area (Å²) >= 11 is 0. The molecule has 158 valence electrons. The van der Waals surface area contributed by atoms with Gasteiger partial charge in [0.05, 0.1) is 5.69 Å². The average molecular weight is 421 g/mol. The lowest BCUT2D eigenvalue weighted by atomic mass is 10.3. The van der Waals surface area contributed by atoms with Gasteiger partial charge in [-0.15, -0.1) is 0 Å². The van der Waals surface area contributed by atoms with E-state index < -0.39 is 10.0 Å². The summed E-state index contributed by atoms with van der Waals surface area (Å²) in [6.45, 7) is 3.59. The van der Waals surface area contributed by atoms with Crippen molar-refractivity contribution in [2.45, 2.75) is 5.75 Å². The minimum Gasteiger partial charge on any atom is -0.373 e. The summed E-state index contributed by atoms with van der Waals surface area (Å²) in [7, 11) is 0.397. The van der Waals surface area contributed by atoms with Crippen LogP contribution >= 0.6 is 0 Å². The fourth-order valence-corrected chi connectivity index (χ4v) is 4.67. The number of sulfonamides is 1. The van der Waals surface area contributed by atoms with Crippen LogP contribution in [0.15, 0.2) is 52.2 Å². The van der Waals surface area contributed by atoms with E-state index in [1.807, 2.05) is 18.2 Å². The number of piperazine rings is 1. The summed E-state index contributed by atoms with van der Waals surface area (Å²) in [6.07, 6.45) is 1.38. The number of nitrogens with zero attached hydrogens (tertiary/aromatic N) is 5. The van der Waals surface area contributed by atoms with Crippen molar-refractivity contribution in [3.63, 3.8) is 0 Å². The minimum atomic E-state index is -3.40. The molecule has 1 saturated heterocycles. The van der Waals surface area contributed by atoms with Crippen molar-refractivity contribution in [3.05, 3.63) is 48.4 Å². The number of benzene rings is 1. The van der Waals surface area contributed by atoms with Gasteiger partial charge in [0, 0.05) is 65.1 Å². The van der Waals surface area contributed by atoms with Crippen molar-refractivity contribution < 1.29 is 12.9 Å². The van der Waals surface area contributed by atoms with Crippen molar-refractivity contribution in [1.82, 2.24) is 19.7 Å². The molecule has 0 atom stereocenters. The quantitative estimate of drug-likeness (QED) is 0.524. The van der Waals surface area contributed by atoms with Crippen molar-refractivity contribution in [3.8, 4) is 0 Å². The Morgan fingerprint density at radius 2 is 1.93 bits per heavy atom. The molecule has 9 nitrogen and oxygen atoms in total. The molecule has 2 aromatic rings. The maximum atomic E-state index is 12.6. The number of para-hydroxylation sites is 1. The third-order valence-corrected chi connectivity index (χ3v) is 6.70. The van der Waals surface area contributed by atoms with Gasteiger partial charge in [-0.05, 0) is 12.1 Å². The fourth-order valence-electron chi connectivity index (χ4n) is 3.25. The molecule has 2 heterocycles.